The van der Waals surface area contributed by atoms with E-state index in [1.54, 1.807) is 0 Å². The van der Waals surface area contributed by atoms with Crippen molar-refractivity contribution < 1.29 is 0 Å². The lowest BCUT2D eigenvalue weighted by atomic mass is 9.89. The standard InChI is InChI=1S/C14H28N2/c1-12-9-15-11-14(2,3)16(10-12)13-7-5-4-6-8-13/h12-13,15H,4-11H2,1-3H3. The summed E-state index contributed by atoms with van der Waals surface area (Å²) in [5, 5.41) is 3.61. The Bertz CT molecular complexity index is 219. The number of rotatable bonds is 1. The van der Waals surface area contributed by atoms with Crippen LogP contribution < -0.4 is 5.32 Å². The van der Waals surface area contributed by atoms with E-state index in [4.69, 9.17) is 0 Å². The molecule has 1 aliphatic heterocycles. The van der Waals surface area contributed by atoms with E-state index in [1.807, 2.05) is 0 Å². The summed E-state index contributed by atoms with van der Waals surface area (Å²) >= 11 is 0. The molecule has 2 fully saturated rings. The second kappa shape index (κ2) is 5.05. The fourth-order valence-electron chi connectivity index (χ4n) is 3.41. The highest BCUT2D eigenvalue weighted by atomic mass is 15.2. The molecule has 2 aliphatic rings. The minimum Gasteiger partial charge on any atom is -0.315 e. The van der Waals surface area contributed by atoms with Gasteiger partial charge in [-0.1, -0.05) is 26.2 Å². The van der Waals surface area contributed by atoms with Gasteiger partial charge >= 0.3 is 0 Å². The maximum absolute atomic E-state index is 3.61. The second-order valence-electron chi connectivity index (χ2n) is 6.49. The molecule has 1 aliphatic carbocycles. The van der Waals surface area contributed by atoms with Crippen LogP contribution >= 0.6 is 0 Å². The molecular weight excluding hydrogens is 196 g/mol. The van der Waals surface area contributed by atoms with Gasteiger partial charge in [0, 0.05) is 24.7 Å². The van der Waals surface area contributed by atoms with Crippen LogP contribution in [0.2, 0.25) is 0 Å². The highest BCUT2D eigenvalue weighted by molar-refractivity contribution is 4.92. The molecule has 0 amide bonds. The van der Waals surface area contributed by atoms with Crippen molar-refractivity contribution in [3.05, 3.63) is 0 Å². The molecule has 1 unspecified atom stereocenters. The molecule has 1 saturated heterocycles. The third kappa shape index (κ3) is 2.78. The summed E-state index contributed by atoms with van der Waals surface area (Å²) < 4.78 is 0. The lowest BCUT2D eigenvalue weighted by Gasteiger charge is -2.44. The van der Waals surface area contributed by atoms with Crippen LogP contribution in [-0.4, -0.2) is 36.1 Å². The molecule has 0 radical (unpaired) electrons. The molecule has 1 N–H and O–H groups in total. The summed E-state index contributed by atoms with van der Waals surface area (Å²) in [6.07, 6.45) is 7.20. The average molecular weight is 224 g/mol. The minimum atomic E-state index is 0.340. The van der Waals surface area contributed by atoms with Gasteiger partial charge in [0.2, 0.25) is 0 Å². The van der Waals surface area contributed by atoms with Crippen molar-refractivity contribution in [2.24, 2.45) is 5.92 Å². The van der Waals surface area contributed by atoms with Crippen molar-refractivity contribution >= 4 is 0 Å². The van der Waals surface area contributed by atoms with Gasteiger partial charge in [-0.05, 0) is 39.2 Å². The molecule has 0 aromatic carbocycles. The first-order valence-electron chi connectivity index (χ1n) is 7.07. The third-order valence-electron chi connectivity index (χ3n) is 4.35. The molecule has 2 rings (SSSR count). The molecule has 2 heteroatoms. The van der Waals surface area contributed by atoms with E-state index in [2.05, 4.69) is 31.0 Å². The molecule has 2 nitrogen and oxygen atoms in total. The normalized spacial score (nSPS) is 33.6. The predicted octanol–water partition coefficient (Wildman–Crippen LogP) is 2.64. The summed E-state index contributed by atoms with van der Waals surface area (Å²) in [7, 11) is 0. The minimum absolute atomic E-state index is 0.340. The van der Waals surface area contributed by atoms with Crippen LogP contribution in [0, 0.1) is 5.92 Å². The van der Waals surface area contributed by atoms with Crippen molar-refractivity contribution in [2.75, 3.05) is 19.6 Å². The first kappa shape index (κ1) is 12.4. The Kier molecular flexibility index (Phi) is 3.91. The zero-order chi connectivity index (χ0) is 11.6. The van der Waals surface area contributed by atoms with Crippen molar-refractivity contribution in [3.8, 4) is 0 Å². The van der Waals surface area contributed by atoms with Gasteiger partial charge in [0.25, 0.3) is 0 Å². The van der Waals surface area contributed by atoms with Crippen LogP contribution in [0.1, 0.15) is 52.9 Å². The summed E-state index contributed by atoms with van der Waals surface area (Å²) in [6, 6.07) is 0.853. The summed E-state index contributed by atoms with van der Waals surface area (Å²) in [6.45, 7) is 10.8. The zero-order valence-electron chi connectivity index (χ0n) is 11.3. The Morgan fingerprint density at radius 2 is 1.81 bits per heavy atom. The van der Waals surface area contributed by atoms with Gasteiger partial charge < -0.3 is 5.32 Å². The van der Waals surface area contributed by atoms with E-state index in [0.29, 0.717) is 5.54 Å². The van der Waals surface area contributed by atoms with Gasteiger partial charge in [0.1, 0.15) is 0 Å². The first-order valence-corrected chi connectivity index (χ1v) is 7.07. The van der Waals surface area contributed by atoms with E-state index in [0.717, 1.165) is 18.5 Å². The Balaban J connectivity index is 2.07. The van der Waals surface area contributed by atoms with Crippen LogP contribution in [-0.2, 0) is 0 Å². The van der Waals surface area contributed by atoms with Gasteiger partial charge in [-0.25, -0.2) is 0 Å². The number of hydrogen-bond acceptors (Lipinski definition) is 2. The highest BCUT2D eigenvalue weighted by Crippen LogP contribution is 2.29. The lowest BCUT2D eigenvalue weighted by Crippen LogP contribution is -2.54. The number of nitrogens with zero attached hydrogens (tertiary/aromatic N) is 1. The van der Waals surface area contributed by atoms with Gasteiger partial charge in [0.15, 0.2) is 0 Å². The summed E-state index contributed by atoms with van der Waals surface area (Å²) in [4.78, 5) is 2.80. The Morgan fingerprint density at radius 3 is 2.50 bits per heavy atom. The second-order valence-corrected chi connectivity index (χ2v) is 6.49. The van der Waals surface area contributed by atoms with Crippen LogP contribution in [0.15, 0.2) is 0 Å². The van der Waals surface area contributed by atoms with Gasteiger partial charge in [0.05, 0.1) is 0 Å². The maximum Gasteiger partial charge on any atom is 0.0280 e. The number of hydrogen-bond donors (Lipinski definition) is 1. The van der Waals surface area contributed by atoms with Crippen LogP contribution in [0.25, 0.3) is 0 Å². The van der Waals surface area contributed by atoms with Crippen molar-refractivity contribution in [1.82, 2.24) is 10.2 Å². The van der Waals surface area contributed by atoms with Crippen molar-refractivity contribution in [1.29, 1.82) is 0 Å². The highest BCUT2D eigenvalue weighted by Gasteiger charge is 2.35. The number of nitrogens with one attached hydrogen (secondary N) is 1. The van der Waals surface area contributed by atoms with Crippen molar-refractivity contribution in [2.45, 2.75) is 64.5 Å². The van der Waals surface area contributed by atoms with Crippen LogP contribution in [0.4, 0.5) is 0 Å². The topological polar surface area (TPSA) is 15.3 Å². The zero-order valence-corrected chi connectivity index (χ0v) is 11.3. The quantitative estimate of drug-likeness (QED) is 0.736. The van der Waals surface area contributed by atoms with E-state index >= 15 is 0 Å². The molecule has 16 heavy (non-hydrogen) atoms. The van der Waals surface area contributed by atoms with E-state index in [9.17, 15) is 0 Å². The Morgan fingerprint density at radius 1 is 1.12 bits per heavy atom. The molecule has 1 atom stereocenters. The van der Waals surface area contributed by atoms with E-state index in [-0.39, 0.29) is 0 Å². The largest absolute Gasteiger partial charge is 0.315 e. The first-order chi connectivity index (χ1) is 7.59. The van der Waals surface area contributed by atoms with Gasteiger partial charge in [-0.2, -0.15) is 0 Å². The smallest absolute Gasteiger partial charge is 0.0280 e. The Hall–Kier alpha value is -0.0800. The fourth-order valence-corrected chi connectivity index (χ4v) is 3.41. The summed E-state index contributed by atoms with van der Waals surface area (Å²) in [5.74, 6) is 0.795. The van der Waals surface area contributed by atoms with Gasteiger partial charge in [-0.15, -0.1) is 0 Å². The average Bonchev–Trinajstić information content (AvgIpc) is 2.39. The molecule has 0 aromatic rings. The lowest BCUT2D eigenvalue weighted by molar-refractivity contribution is 0.0504. The molecule has 0 spiro atoms. The SMILES string of the molecule is CC1CNCC(C)(C)N(C2CCCCC2)C1. The van der Waals surface area contributed by atoms with E-state index < -0.39 is 0 Å². The predicted molar refractivity (Wildman–Crippen MR) is 69.7 cm³/mol. The molecule has 0 aromatic heterocycles. The Labute approximate surface area is 101 Å². The molecule has 94 valence electrons. The molecular formula is C14H28N2. The van der Waals surface area contributed by atoms with Gasteiger partial charge in [-0.3, -0.25) is 4.90 Å². The molecule has 1 saturated carbocycles. The molecule has 0 bridgehead atoms. The fraction of sp³-hybridized carbons (Fsp3) is 1.00. The van der Waals surface area contributed by atoms with Crippen LogP contribution in [0.3, 0.4) is 0 Å². The molecule has 1 heterocycles. The summed E-state index contributed by atoms with van der Waals surface area (Å²) in [5.41, 5.74) is 0.340. The maximum atomic E-state index is 3.61. The van der Waals surface area contributed by atoms with Crippen molar-refractivity contribution in [3.63, 3.8) is 0 Å². The van der Waals surface area contributed by atoms with Crippen LogP contribution in [0.5, 0.6) is 0 Å². The third-order valence-corrected chi connectivity index (χ3v) is 4.35. The van der Waals surface area contributed by atoms with E-state index in [1.165, 1.54) is 45.2 Å². The monoisotopic (exact) mass is 224 g/mol.